The van der Waals surface area contributed by atoms with Crippen LogP contribution in [0.1, 0.15) is 19.2 Å². The third-order valence-corrected chi connectivity index (χ3v) is 4.44. The van der Waals surface area contributed by atoms with E-state index in [0.717, 1.165) is 31.4 Å². The van der Waals surface area contributed by atoms with Gasteiger partial charge in [0, 0.05) is 45.7 Å². The number of piperazine rings is 1. The van der Waals surface area contributed by atoms with Gasteiger partial charge in [-0.1, -0.05) is 19.1 Å². The second-order valence-electron chi connectivity index (χ2n) is 6.06. The topological polar surface area (TPSA) is 24.3 Å². The average Bonchev–Trinajstić information content (AvgIpc) is 2.85. The molecule has 4 heteroatoms. The number of aromatic nitrogens is 2. The molecule has 1 aromatic carbocycles. The van der Waals surface area contributed by atoms with Gasteiger partial charge in [-0.05, 0) is 25.6 Å². The number of benzene rings is 1. The van der Waals surface area contributed by atoms with E-state index in [9.17, 15) is 0 Å². The van der Waals surface area contributed by atoms with Gasteiger partial charge in [0.2, 0.25) is 0 Å². The van der Waals surface area contributed by atoms with E-state index >= 15 is 0 Å². The van der Waals surface area contributed by atoms with Crippen LogP contribution in [-0.4, -0.2) is 59.1 Å². The summed E-state index contributed by atoms with van der Waals surface area (Å²) in [7, 11) is 2.21. The van der Waals surface area contributed by atoms with E-state index in [4.69, 9.17) is 4.98 Å². The van der Waals surface area contributed by atoms with Crippen molar-refractivity contribution in [1.29, 1.82) is 0 Å². The number of imidazole rings is 1. The molecule has 1 aliphatic heterocycles. The van der Waals surface area contributed by atoms with Crippen molar-refractivity contribution in [3.63, 3.8) is 0 Å². The lowest BCUT2D eigenvalue weighted by atomic mass is 10.3. The van der Waals surface area contributed by atoms with E-state index in [-0.39, 0.29) is 0 Å². The number of hydrogen-bond acceptors (Lipinski definition) is 3. The minimum atomic E-state index is 1.06. The Balaban J connectivity index is 1.74. The quantitative estimate of drug-likeness (QED) is 0.842. The van der Waals surface area contributed by atoms with E-state index < -0.39 is 0 Å². The van der Waals surface area contributed by atoms with Crippen LogP contribution < -0.4 is 0 Å². The Morgan fingerprint density at radius 1 is 1.05 bits per heavy atom. The second kappa shape index (κ2) is 6.58. The molecule has 114 valence electrons. The standard InChI is InChI=1S/C17H26N4/c1-3-6-17-18-15-7-4-5-8-16(15)21(17)14-13-20-11-9-19(2)10-12-20/h4-5,7-8H,3,6,9-14H2,1-2H3. The monoisotopic (exact) mass is 286 g/mol. The summed E-state index contributed by atoms with van der Waals surface area (Å²) in [5.74, 6) is 1.24. The summed E-state index contributed by atoms with van der Waals surface area (Å²) < 4.78 is 2.43. The molecule has 1 saturated heterocycles. The van der Waals surface area contributed by atoms with Crippen molar-refractivity contribution in [3.8, 4) is 0 Å². The second-order valence-corrected chi connectivity index (χ2v) is 6.06. The first-order valence-corrected chi connectivity index (χ1v) is 8.13. The molecule has 0 atom stereocenters. The average molecular weight is 286 g/mol. The summed E-state index contributed by atoms with van der Waals surface area (Å²) in [5.41, 5.74) is 2.43. The van der Waals surface area contributed by atoms with Crippen LogP contribution in [-0.2, 0) is 13.0 Å². The summed E-state index contributed by atoms with van der Waals surface area (Å²) in [6.45, 7) is 9.16. The zero-order chi connectivity index (χ0) is 14.7. The Kier molecular flexibility index (Phi) is 4.56. The maximum atomic E-state index is 4.81. The van der Waals surface area contributed by atoms with Crippen molar-refractivity contribution in [2.45, 2.75) is 26.3 Å². The van der Waals surface area contributed by atoms with Crippen LogP contribution in [0.4, 0.5) is 0 Å². The van der Waals surface area contributed by atoms with Gasteiger partial charge in [0.1, 0.15) is 5.82 Å². The molecule has 1 aliphatic rings. The third kappa shape index (κ3) is 3.27. The summed E-state index contributed by atoms with van der Waals surface area (Å²) in [4.78, 5) is 9.80. The fraction of sp³-hybridized carbons (Fsp3) is 0.588. The number of hydrogen-bond donors (Lipinski definition) is 0. The minimum Gasteiger partial charge on any atom is -0.327 e. The lowest BCUT2D eigenvalue weighted by molar-refractivity contribution is 0.150. The highest BCUT2D eigenvalue weighted by Crippen LogP contribution is 2.17. The molecule has 2 aromatic rings. The van der Waals surface area contributed by atoms with Crippen LogP contribution in [0.5, 0.6) is 0 Å². The molecular weight excluding hydrogens is 260 g/mol. The Labute approximate surface area is 127 Å². The number of likely N-dealkylation sites (N-methyl/N-ethyl adjacent to an activating group) is 1. The van der Waals surface area contributed by atoms with Crippen LogP contribution in [0.15, 0.2) is 24.3 Å². The molecule has 2 heterocycles. The lowest BCUT2D eigenvalue weighted by Crippen LogP contribution is -2.45. The van der Waals surface area contributed by atoms with Gasteiger partial charge in [0.25, 0.3) is 0 Å². The molecule has 3 rings (SSSR count). The SMILES string of the molecule is CCCc1nc2ccccc2n1CCN1CCN(C)CC1. The van der Waals surface area contributed by atoms with Crippen LogP contribution in [0.2, 0.25) is 0 Å². The lowest BCUT2D eigenvalue weighted by Gasteiger charge is -2.32. The van der Waals surface area contributed by atoms with Gasteiger partial charge in [-0.2, -0.15) is 0 Å². The molecule has 0 radical (unpaired) electrons. The summed E-state index contributed by atoms with van der Waals surface area (Å²) in [6, 6.07) is 8.52. The number of rotatable bonds is 5. The first-order valence-electron chi connectivity index (χ1n) is 8.13. The molecule has 0 amide bonds. The highest BCUT2D eigenvalue weighted by atomic mass is 15.3. The predicted octanol–water partition coefficient (Wildman–Crippen LogP) is 2.24. The van der Waals surface area contributed by atoms with Gasteiger partial charge in [-0.25, -0.2) is 4.98 Å². The van der Waals surface area contributed by atoms with Gasteiger partial charge in [0.05, 0.1) is 11.0 Å². The fourth-order valence-corrected chi connectivity index (χ4v) is 3.10. The van der Waals surface area contributed by atoms with E-state index in [1.54, 1.807) is 0 Å². The molecule has 0 N–H and O–H groups in total. The zero-order valence-corrected chi connectivity index (χ0v) is 13.3. The van der Waals surface area contributed by atoms with Crippen LogP contribution in [0, 0.1) is 0 Å². The van der Waals surface area contributed by atoms with E-state index in [2.05, 4.69) is 52.6 Å². The van der Waals surface area contributed by atoms with Crippen molar-refractivity contribution in [1.82, 2.24) is 19.4 Å². The maximum Gasteiger partial charge on any atom is 0.109 e. The van der Waals surface area contributed by atoms with Crippen molar-refractivity contribution < 1.29 is 0 Å². The molecule has 4 nitrogen and oxygen atoms in total. The first kappa shape index (κ1) is 14.5. The van der Waals surface area contributed by atoms with Gasteiger partial charge < -0.3 is 9.47 Å². The Morgan fingerprint density at radius 3 is 2.57 bits per heavy atom. The predicted molar refractivity (Wildman–Crippen MR) is 87.7 cm³/mol. The molecule has 0 aliphatic carbocycles. The van der Waals surface area contributed by atoms with Crippen LogP contribution in [0.25, 0.3) is 11.0 Å². The van der Waals surface area contributed by atoms with E-state index in [0.29, 0.717) is 0 Å². The molecule has 0 spiro atoms. The van der Waals surface area contributed by atoms with Gasteiger partial charge in [-0.15, -0.1) is 0 Å². The molecule has 21 heavy (non-hydrogen) atoms. The molecular formula is C17H26N4. The molecule has 0 bridgehead atoms. The highest BCUT2D eigenvalue weighted by molar-refractivity contribution is 5.75. The number of aryl methyl sites for hydroxylation is 1. The molecule has 0 unspecified atom stereocenters. The first-order chi connectivity index (χ1) is 10.3. The van der Waals surface area contributed by atoms with Crippen LogP contribution >= 0.6 is 0 Å². The van der Waals surface area contributed by atoms with Crippen LogP contribution in [0.3, 0.4) is 0 Å². The molecule has 1 fully saturated rings. The van der Waals surface area contributed by atoms with Crippen molar-refractivity contribution in [3.05, 3.63) is 30.1 Å². The van der Waals surface area contributed by atoms with E-state index in [1.807, 2.05) is 0 Å². The smallest absolute Gasteiger partial charge is 0.109 e. The largest absolute Gasteiger partial charge is 0.327 e. The van der Waals surface area contributed by atoms with Gasteiger partial charge >= 0.3 is 0 Å². The number of nitrogens with zero attached hydrogens (tertiary/aromatic N) is 4. The van der Waals surface area contributed by atoms with Gasteiger partial charge in [0.15, 0.2) is 0 Å². The van der Waals surface area contributed by atoms with Crippen molar-refractivity contribution in [2.24, 2.45) is 0 Å². The summed E-state index contributed by atoms with van der Waals surface area (Å²) in [6.07, 6.45) is 2.22. The molecule has 1 aromatic heterocycles. The number of para-hydroxylation sites is 2. The number of fused-ring (bicyclic) bond motifs is 1. The minimum absolute atomic E-state index is 1.06. The van der Waals surface area contributed by atoms with Crippen molar-refractivity contribution >= 4 is 11.0 Å². The van der Waals surface area contributed by atoms with Gasteiger partial charge in [-0.3, -0.25) is 4.90 Å². The zero-order valence-electron chi connectivity index (χ0n) is 13.3. The highest BCUT2D eigenvalue weighted by Gasteiger charge is 2.15. The Morgan fingerprint density at radius 2 is 1.81 bits per heavy atom. The normalized spacial score (nSPS) is 17.6. The fourth-order valence-electron chi connectivity index (χ4n) is 3.10. The maximum absolute atomic E-state index is 4.81. The molecule has 0 saturated carbocycles. The van der Waals surface area contributed by atoms with E-state index in [1.165, 1.54) is 37.5 Å². The Hall–Kier alpha value is -1.39. The summed E-state index contributed by atoms with van der Waals surface area (Å²) >= 11 is 0. The Bertz CT molecular complexity index is 581. The third-order valence-electron chi connectivity index (χ3n) is 4.44. The summed E-state index contributed by atoms with van der Waals surface area (Å²) in [5, 5.41) is 0. The van der Waals surface area contributed by atoms with Crippen molar-refractivity contribution in [2.75, 3.05) is 39.8 Å².